The van der Waals surface area contributed by atoms with E-state index in [4.69, 9.17) is 4.74 Å². The molecular weight excluding hydrogens is 357 g/mol. The van der Waals surface area contributed by atoms with Crippen molar-refractivity contribution in [2.45, 2.75) is 24.6 Å². The summed E-state index contributed by atoms with van der Waals surface area (Å²) in [5.74, 6) is -0.207. The predicted molar refractivity (Wildman–Crippen MR) is 91.6 cm³/mol. The number of carbonyl (C=O) groups excluding carboxylic acids is 1. The van der Waals surface area contributed by atoms with Gasteiger partial charge in [0.2, 0.25) is 0 Å². The van der Waals surface area contributed by atoms with Gasteiger partial charge in [-0.15, -0.1) is 0 Å². The Morgan fingerprint density at radius 1 is 1.26 bits per heavy atom. The first-order valence-corrected chi connectivity index (χ1v) is 8.22. The van der Waals surface area contributed by atoms with Gasteiger partial charge in [0.05, 0.1) is 12.9 Å². The molecule has 10 heteroatoms. The number of alkyl halides is 1. The summed E-state index contributed by atoms with van der Waals surface area (Å²) >= 11 is 0. The quantitative estimate of drug-likeness (QED) is 0.614. The van der Waals surface area contributed by atoms with Crippen LogP contribution in [-0.2, 0) is 4.74 Å². The first-order valence-electron chi connectivity index (χ1n) is 8.22. The molecule has 0 saturated carbocycles. The number of aliphatic hydroxyl groups is 2. The van der Waals surface area contributed by atoms with Crippen LogP contribution in [0.3, 0.4) is 0 Å². The third-order valence-electron chi connectivity index (χ3n) is 4.37. The minimum absolute atomic E-state index is 0.167. The van der Waals surface area contributed by atoms with E-state index in [0.717, 1.165) is 0 Å². The lowest BCUT2D eigenvalue weighted by molar-refractivity contribution is -0.0459. The standard InChI is InChI=1S/C17H16FN5O4/c18-11-13(25)10(6-24)27-17(11)23-8-21-12-14(19-7-20-15(12)23)22-16(26)9-4-2-1-3-5-9/h1-5,7-8,10-11,13,17,24-25H,6H2,(H,19,20,22,26)/t10?,11-,13-,17-/m1/s1. The second kappa shape index (κ2) is 6.99. The minimum atomic E-state index is -1.77. The Labute approximate surface area is 152 Å². The largest absolute Gasteiger partial charge is 0.394 e. The highest BCUT2D eigenvalue weighted by Gasteiger charge is 2.45. The van der Waals surface area contributed by atoms with E-state index in [0.29, 0.717) is 5.56 Å². The van der Waals surface area contributed by atoms with Crippen molar-refractivity contribution in [3.63, 3.8) is 0 Å². The Bertz CT molecular complexity index is 966. The highest BCUT2D eigenvalue weighted by atomic mass is 19.1. The third kappa shape index (κ3) is 3.03. The number of amides is 1. The lowest BCUT2D eigenvalue weighted by Crippen LogP contribution is -2.30. The molecule has 1 aliphatic rings. The molecule has 2 aromatic heterocycles. The van der Waals surface area contributed by atoms with E-state index in [1.165, 1.54) is 17.2 Å². The Balaban J connectivity index is 1.65. The molecule has 1 aromatic carbocycles. The molecule has 1 amide bonds. The molecule has 1 unspecified atom stereocenters. The molecule has 0 bridgehead atoms. The maximum absolute atomic E-state index is 14.4. The molecule has 3 N–H and O–H groups in total. The molecule has 0 spiro atoms. The molecular formula is C17H16FN5O4. The summed E-state index contributed by atoms with van der Waals surface area (Å²) in [6.45, 7) is -0.516. The molecule has 140 valence electrons. The molecule has 4 atom stereocenters. The number of benzene rings is 1. The lowest BCUT2D eigenvalue weighted by Gasteiger charge is -2.15. The lowest BCUT2D eigenvalue weighted by atomic mass is 10.1. The summed E-state index contributed by atoms with van der Waals surface area (Å²) in [6, 6.07) is 8.58. The van der Waals surface area contributed by atoms with Crippen LogP contribution in [0.2, 0.25) is 0 Å². The SMILES string of the molecule is O=C(Nc1ncnc2c1ncn2[C@@H]1OC(CO)[C@@H](O)[C@H]1F)c1ccccc1. The van der Waals surface area contributed by atoms with Crippen molar-refractivity contribution in [3.05, 3.63) is 48.5 Å². The van der Waals surface area contributed by atoms with Crippen molar-refractivity contribution >= 4 is 22.9 Å². The van der Waals surface area contributed by atoms with Crippen molar-refractivity contribution in [1.29, 1.82) is 0 Å². The van der Waals surface area contributed by atoms with Crippen LogP contribution in [0, 0.1) is 0 Å². The maximum Gasteiger partial charge on any atom is 0.256 e. The van der Waals surface area contributed by atoms with Gasteiger partial charge < -0.3 is 20.3 Å². The fourth-order valence-corrected chi connectivity index (χ4v) is 2.98. The zero-order chi connectivity index (χ0) is 19.0. The minimum Gasteiger partial charge on any atom is -0.394 e. The number of imidazole rings is 1. The molecule has 1 fully saturated rings. The van der Waals surface area contributed by atoms with Crippen LogP contribution >= 0.6 is 0 Å². The molecule has 1 aliphatic heterocycles. The van der Waals surface area contributed by atoms with Gasteiger partial charge >= 0.3 is 0 Å². The van der Waals surface area contributed by atoms with Gasteiger partial charge in [0.25, 0.3) is 5.91 Å². The number of ether oxygens (including phenoxy) is 1. The molecule has 0 aliphatic carbocycles. The average Bonchev–Trinajstić information content (AvgIpc) is 3.25. The molecule has 27 heavy (non-hydrogen) atoms. The van der Waals surface area contributed by atoms with Crippen molar-refractivity contribution in [2.75, 3.05) is 11.9 Å². The van der Waals surface area contributed by atoms with E-state index >= 15 is 0 Å². The molecule has 9 nitrogen and oxygen atoms in total. The van der Waals surface area contributed by atoms with Crippen LogP contribution in [0.4, 0.5) is 10.2 Å². The van der Waals surface area contributed by atoms with E-state index in [1.54, 1.807) is 30.3 Å². The fourth-order valence-electron chi connectivity index (χ4n) is 2.98. The van der Waals surface area contributed by atoms with Crippen LogP contribution in [0.15, 0.2) is 43.0 Å². The topological polar surface area (TPSA) is 122 Å². The van der Waals surface area contributed by atoms with E-state index in [2.05, 4.69) is 20.3 Å². The van der Waals surface area contributed by atoms with Gasteiger partial charge in [-0.2, -0.15) is 0 Å². The summed E-state index contributed by atoms with van der Waals surface area (Å²) in [7, 11) is 0. The Morgan fingerprint density at radius 2 is 2.04 bits per heavy atom. The number of aromatic nitrogens is 4. The van der Waals surface area contributed by atoms with Crippen LogP contribution < -0.4 is 5.32 Å². The first-order chi connectivity index (χ1) is 13.1. The van der Waals surface area contributed by atoms with E-state index < -0.39 is 31.2 Å². The monoisotopic (exact) mass is 373 g/mol. The zero-order valence-electron chi connectivity index (χ0n) is 13.9. The summed E-state index contributed by atoms with van der Waals surface area (Å²) in [4.78, 5) is 24.6. The Kier molecular flexibility index (Phi) is 4.52. The van der Waals surface area contributed by atoms with E-state index in [-0.39, 0.29) is 22.9 Å². The smallest absolute Gasteiger partial charge is 0.256 e. The average molecular weight is 373 g/mol. The van der Waals surface area contributed by atoms with Crippen LogP contribution in [0.25, 0.3) is 11.2 Å². The Morgan fingerprint density at radius 3 is 2.74 bits per heavy atom. The summed E-state index contributed by atoms with van der Waals surface area (Å²) in [6.07, 6.45) is -2.96. The summed E-state index contributed by atoms with van der Waals surface area (Å²) in [5.41, 5.74) is 0.923. The van der Waals surface area contributed by atoms with Gasteiger partial charge in [0.15, 0.2) is 29.4 Å². The van der Waals surface area contributed by atoms with Gasteiger partial charge in [-0.25, -0.2) is 19.3 Å². The number of aliphatic hydroxyl groups excluding tert-OH is 2. The number of hydrogen-bond donors (Lipinski definition) is 3. The highest BCUT2D eigenvalue weighted by Crippen LogP contribution is 2.34. The Hall–Kier alpha value is -2.95. The summed E-state index contributed by atoms with van der Waals surface area (Å²) in [5, 5.41) is 21.7. The number of nitrogens with zero attached hydrogens (tertiary/aromatic N) is 4. The van der Waals surface area contributed by atoms with Gasteiger partial charge in [0.1, 0.15) is 18.5 Å². The number of hydrogen-bond acceptors (Lipinski definition) is 7. The summed E-state index contributed by atoms with van der Waals surface area (Å²) < 4.78 is 21.1. The number of fused-ring (bicyclic) bond motifs is 1. The second-order valence-electron chi connectivity index (χ2n) is 6.05. The first kappa shape index (κ1) is 17.5. The second-order valence-corrected chi connectivity index (χ2v) is 6.05. The number of nitrogens with one attached hydrogen (secondary N) is 1. The third-order valence-corrected chi connectivity index (χ3v) is 4.37. The number of rotatable bonds is 4. The zero-order valence-corrected chi connectivity index (χ0v) is 13.9. The van der Waals surface area contributed by atoms with Crippen LogP contribution in [0.5, 0.6) is 0 Å². The van der Waals surface area contributed by atoms with Crippen molar-refractivity contribution in [1.82, 2.24) is 19.5 Å². The van der Waals surface area contributed by atoms with E-state index in [9.17, 15) is 19.4 Å². The molecule has 1 saturated heterocycles. The van der Waals surface area contributed by atoms with Gasteiger partial charge in [0, 0.05) is 5.56 Å². The van der Waals surface area contributed by atoms with Crippen LogP contribution in [0.1, 0.15) is 16.6 Å². The molecule has 3 heterocycles. The number of carbonyl (C=O) groups is 1. The van der Waals surface area contributed by atoms with Crippen LogP contribution in [-0.4, -0.2) is 60.6 Å². The van der Waals surface area contributed by atoms with Crippen molar-refractivity contribution < 1.29 is 24.1 Å². The van der Waals surface area contributed by atoms with Gasteiger partial charge in [-0.1, -0.05) is 18.2 Å². The van der Waals surface area contributed by atoms with Crippen molar-refractivity contribution in [3.8, 4) is 0 Å². The molecule has 3 aromatic rings. The van der Waals surface area contributed by atoms with E-state index in [1.807, 2.05) is 0 Å². The van der Waals surface area contributed by atoms with Crippen molar-refractivity contribution in [2.24, 2.45) is 0 Å². The number of anilines is 1. The van der Waals surface area contributed by atoms with Gasteiger partial charge in [-0.05, 0) is 12.1 Å². The predicted octanol–water partition coefficient (Wildman–Crippen LogP) is 0.667. The normalized spacial score (nSPS) is 25.0. The highest BCUT2D eigenvalue weighted by molar-refractivity contribution is 6.06. The molecule has 0 radical (unpaired) electrons. The maximum atomic E-state index is 14.4. The molecule has 4 rings (SSSR count). The van der Waals surface area contributed by atoms with Gasteiger partial charge in [-0.3, -0.25) is 9.36 Å². The number of halogens is 1. The fraction of sp³-hybridized carbons (Fsp3) is 0.294.